The van der Waals surface area contributed by atoms with Gasteiger partial charge in [0.15, 0.2) is 0 Å². The van der Waals surface area contributed by atoms with Crippen LogP contribution >= 0.6 is 0 Å². The van der Waals surface area contributed by atoms with E-state index >= 15 is 0 Å². The summed E-state index contributed by atoms with van der Waals surface area (Å²) in [4.78, 5) is 11.6. The molecule has 0 rings (SSSR count). The molecule has 96 valence electrons. The molecule has 0 aromatic carbocycles. The van der Waals surface area contributed by atoms with Crippen molar-refractivity contribution in [2.75, 3.05) is 26.8 Å². The molecule has 0 aliphatic heterocycles. The molecule has 0 aliphatic carbocycles. The van der Waals surface area contributed by atoms with Crippen molar-refractivity contribution in [2.24, 2.45) is 5.92 Å². The number of esters is 1. The van der Waals surface area contributed by atoms with Crippen molar-refractivity contribution in [2.45, 2.75) is 39.7 Å². The van der Waals surface area contributed by atoms with Gasteiger partial charge in [0.1, 0.15) is 5.60 Å². The first-order valence-corrected chi connectivity index (χ1v) is 5.79. The van der Waals surface area contributed by atoms with Crippen LogP contribution in [0.4, 0.5) is 0 Å². The summed E-state index contributed by atoms with van der Waals surface area (Å²) in [6, 6.07) is 0. The van der Waals surface area contributed by atoms with Crippen LogP contribution in [0.1, 0.15) is 34.1 Å². The molecule has 0 spiro atoms. The van der Waals surface area contributed by atoms with Gasteiger partial charge in [-0.15, -0.1) is 0 Å². The first-order valence-electron chi connectivity index (χ1n) is 5.79. The SMILES string of the molecule is COCCCNC[C@H](C)C(=O)OC(C)(C)C. The van der Waals surface area contributed by atoms with E-state index in [2.05, 4.69) is 5.32 Å². The third-order valence-corrected chi connectivity index (χ3v) is 1.96. The maximum Gasteiger partial charge on any atom is 0.310 e. The fraction of sp³-hybridized carbons (Fsp3) is 0.917. The van der Waals surface area contributed by atoms with Gasteiger partial charge in [0.2, 0.25) is 0 Å². The fourth-order valence-electron chi connectivity index (χ4n) is 1.15. The number of hydrogen-bond acceptors (Lipinski definition) is 4. The smallest absolute Gasteiger partial charge is 0.310 e. The molecule has 16 heavy (non-hydrogen) atoms. The predicted molar refractivity (Wildman–Crippen MR) is 64.4 cm³/mol. The lowest BCUT2D eigenvalue weighted by molar-refractivity contribution is -0.159. The van der Waals surface area contributed by atoms with Gasteiger partial charge in [0, 0.05) is 20.3 Å². The third kappa shape index (κ3) is 8.68. The largest absolute Gasteiger partial charge is 0.460 e. The molecule has 4 nitrogen and oxygen atoms in total. The maximum absolute atomic E-state index is 11.6. The molecular weight excluding hydrogens is 206 g/mol. The second-order valence-electron chi connectivity index (χ2n) is 4.98. The van der Waals surface area contributed by atoms with E-state index in [1.54, 1.807) is 7.11 Å². The normalized spacial score (nSPS) is 13.6. The number of rotatable bonds is 7. The van der Waals surface area contributed by atoms with Crippen LogP contribution in [0.3, 0.4) is 0 Å². The molecule has 0 bridgehead atoms. The van der Waals surface area contributed by atoms with Crippen LogP contribution < -0.4 is 5.32 Å². The fourth-order valence-corrected chi connectivity index (χ4v) is 1.15. The molecule has 1 atom stereocenters. The molecule has 0 aromatic rings. The van der Waals surface area contributed by atoms with Crippen molar-refractivity contribution in [3.05, 3.63) is 0 Å². The number of carbonyl (C=O) groups is 1. The number of ether oxygens (including phenoxy) is 2. The lowest BCUT2D eigenvalue weighted by Crippen LogP contribution is -2.33. The van der Waals surface area contributed by atoms with Crippen molar-refractivity contribution in [1.82, 2.24) is 5.32 Å². The first-order chi connectivity index (χ1) is 7.37. The Labute approximate surface area is 98.7 Å². The second kappa shape index (κ2) is 7.63. The molecule has 0 radical (unpaired) electrons. The monoisotopic (exact) mass is 231 g/mol. The molecule has 0 aliphatic rings. The molecule has 1 N–H and O–H groups in total. The molecular formula is C12H25NO3. The number of methoxy groups -OCH3 is 1. The van der Waals surface area contributed by atoms with E-state index in [1.807, 2.05) is 27.7 Å². The van der Waals surface area contributed by atoms with Gasteiger partial charge in [-0.3, -0.25) is 4.79 Å². The Hall–Kier alpha value is -0.610. The molecule has 0 aromatic heterocycles. The van der Waals surface area contributed by atoms with Crippen LogP contribution in [0.5, 0.6) is 0 Å². The zero-order chi connectivity index (χ0) is 12.6. The van der Waals surface area contributed by atoms with Crippen LogP contribution in [0.15, 0.2) is 0 Å². The Morgan fingerprint density at radius 2 is 2.00 bits per heavy atom. The van der Waals surface area contributed by atoms with E-state index in [0.717, 1.165) is 19.6 Å². The maximum atomic E-state index is 11.6. The Bertz CT molecular complexity index is 199. The highest BCUT2D eigenvalue weighted by molar-refractivity contribution is 5.72. The standard InChI is InChI=1S/C12H25NO3/c1-10(9-13-7-6-8-15-5)11(14)16-12(2,3)4/h10,13H,6-9H2,1-5H3/t10-/m0/s1. The van der Waals surface area contributed by atoms with Crippen molar-refractivity contribution in [1.29, 1.82) is 0 Å². The summed E-state index contributed by atoms with van der Waals surface area (Å²) < 4.78 is 10.2. The van der Waals surface area contributed by atoms with Gasteiger partial charge in [0.25, 0.3) is 0 Å². The minimum Gasteiger partial charge on any atom is -0.460 e. The van der Waals surface area contributed by atoms with Crippen molar-refractivity contribution < 1.29 is 14.3 Å². The Kier molecular flexibility index (Phi) is 7.34. The zero-order valence-corrected chi connectivity index (χ0v) is 11.1. The molecule has 0 fully saturated rings. The van der Waals surface area contributed by atoms with Crippen LogP contribution in [-0.4, -0.2) is 38.4 Å². The number of carbonyl (C=O) groups excluding carboxylic acids is 1. The Balaban J connectivity index is 3.64. The first kappa shape index (κ1) is 15.4. The van der Waals surface area contributed by atoms with Gasteiger partial charge >= 0.3 is 5.97 Å². The van der Waals surface area contributed by atoms with Gasteiger partial charge in [-0.2, -0.15) is 0 Å². The molecule has 0 saturated carbocycles. The summed E-state index contributed by atoms with van der Waals surface area (Å²) in [5.74, 6) is -0.256. The van der Waals surface area contributed by atoms with Crippen LogP contribution in [0.25, 0.3) is 0 Å². The predicted octanol–water partition coefficient (Wildman–Crippen LogP) is 1.59. The summed E-state index contributed by atoms with van der Waals surface area (Å²) in [6.45, 7) is 9.77. The molecule has 4 heteroatoms. The van der Waals surface area contributed by atoms with Crippen LogP contribution in [0, 0.1) is 5.92 Å². The highest BCUT2D eigenvalue weighted by atomic mass is 16.6. The van der Waals surface area contributed by atoms with E-state index in [9.17, 15) is 4.79 Å². The van der Waals surface area contributed by atoms with E-state index in [4.69, 9.17) is 9.47 Å². The van der Waals surface area contributed by atoms with Gasteiger partial charge in [0.05, 0.1) is 5.92 Å². The average Bonchev–Trinajstić information content (AvgIpc) is 2.14. The highest BCUT2D eigenvalue weighted by Crippen LogP contribution is 2.10. The minimum absolute atomic E-state index is 0.109. The molecule has 0 saturated heterocycles. The summed E-state index contributed by atoms with van der Waals surface area (Å²) >= 11 is 0. The lowest BCUT2D eigenvalue weighted by Gasteiger charge is -2.22. The quantitative estimate of drug-likeness (QED) is 0.534. The van der Waals surface area contributed by atoms with Crippen molar-refractivity contribution >= 4 is 5.97 Å². The average molecular weight is 231 g/mol. The highest BCUT2D eigenvalue weighted by Gasteiger charge is 2.21. The van der Waals surface area contributed by atoms with Gasteiger partial charge < -0.3 is 14.8 Å². The number of hydrogen-bond donors (Lipinski definition) is 1. The van der Waals surface area contributed by atoms with Crippen molar-refractivity contribution in [3.8, 4) is 0 Å². The molecule has 0 heterocycles. The van der Waals surface area contributed by atoms with E-state index in [1.165, 1.54) is 0 Å². The number of nitrogens with one attached hydrogen (secondary N) is 1. The Morgan fingerprint density at radius 3 is 2.50 bits per heavy atom. The Morgan fingerprint density at radius 1 is 1.38 bits per heavy atom. The van der Waals surface area contributed by atoms with E-state index in [0.29, 0.717) is 6.54 Å². The van der Waals surface area contributed by atoms with E-state index in [-0.39, 0.29) is 11.9 Å². The lowest BCUT2D eigenvalue weighted by atomic mass is 10.1. The zero-order valence-electron chi connectivity index (χ0n) is 11.1. The third-order valence-electron chi connectivity index (χ3n) is 1.96. The van der Waals surface area contributed by atoms with Crippen LogP contribution in [0.2, 0.25) is 0 Å². The van der Waals surface area contributed by atoms with Gasteiger partial charge in [-0.1, -0.05) is 6.92 Å². The van der Waals surface area contributed by atoms with Crippen LogP contribution in [-0.2, 0) is 14.3 Å². The topological polar surface area (TPSA) is 47.6 Å². The summed E-state index contributed by atoms with van der Waals surface area (Å²) in [7, 11) is 1.68. The second-order valence-corrected chi connectivity index (χ2v) is 4.98. The van der Waals surface area contributed by atoms with Gasteiger partial charge in [-0.05, 0) is 33.7 Å². The minimum atomic E-state index is -0.401. The van der Waals surface area contributed by atoms with E-state index < -0.39 is 5.60 Å². The molecule has 0 unspecified atom stereocenters. The summed E-state index contributed by atoms with van der Waals surface area (Å²) in [6.07, 6.45) is 0.956. The summed E-state index contributed by atoms with van der Waals surface area (Å²) in [5.41, 5.74) is -0.401. The van der Waals surface area contributed by atoms with Gasteiger partial charge in [-0.25, -0.2) is 0 Å². The molecule has 0 amide bonds. The summed E-state index contributed by atoms with van der Waals surface area (Å²) in [5, 5.41) is 3.21. The van der Waals surface area contributed by atoms with Crippen molar-refractivity contribution in [3.63, 3.8) is 0 Å².